The SMILES string of the molecule is CCOc1c(Cl)cc(/C=C/C(=O)OCC(=O)NCC(=O)NC)cc1OC. The van der Waals surface area contributed by atoms with E-state index in [1.165, 1.54) is 20.2 Å². The maximum absolute atomic E-state index is 11.7. The van der Waals surface area contributed by atoms with Crippen LogP contribution in [0.15, 0.2) is 18.2 Å². The third kappa shape index (κ3) is 7.02. The molecule has 1 aromatic rings. The fraction of sp³-hybridized carbons (Fsp3) is 0.353. The largest absolute Gasteiger partial charge is 0.493 e. The van der Waals surface area contributed by atoms with Crippen LogP contribution in [-0.4, -0.2) is 51.7 Å². The molecule has 0 bridgehead atoms. The molecule has 0 aliphatic heterocycles. The highest BCUT2D eigenvalue weighted by atomic mass is 35.5. The van der Waals surface area contributed by atoms with Gasteiger partial charge in [0.1, 0.15) is 0 Å². The molecule has 0 unspecified atom stereocenters. The minimum Gasteiger partial charge on any atom is -0.493 e. The monoisotopic (exact) mass is 384 g/mol. The van der Waals surface area contributed by atoms with E-state index >= 15 is 0 Å². The molecule has 142 valence electrons. The Hall–Kier alpha value is -2.74. The Kier molecular flexibility index (Phi) is 9.00. The zero-order chi connectivity index (χ0) is 19.5. The summed E-state index contributed by atoms with van der Waals surface area (Å²) in [6.07, 6.45) is 2.62. The number of hydrogen-bond donors (Lipinski definition) is 2. The molecule has 0 atom stereocenters. The lowest BCUT2D eigenvalue weighted by Crippen LogP contribution is -2.37. The minimum absolute atomic E-state index is 0.187. The standard InChI is InChI=1S/C17H21ClN2O6/c1-4-25-17-12(18)7-11(8-13(17)24-3)5-6-16(23)26-10-15(22)20-9-14(21)19-2/h5-8H,4,9-10H2,1-3H3,(H,19,21)(H,20,22)/b6-5+. The summed E-state index contributed by atoms with van der Waals surface area (Å²) in [5.74, 6) is -0.804. The van der Waals surface area contributed by atoms with E-state index in [4.69, 9.17) is 25.8 Å². The summed E-state index contributed by atoms with van der Waals surface area (Å²) >= 11 is 6.14. The van der Waals surface area contributed by atoms with Gasteiger partial charge in [-0.3, -0.25) is 9.59 Å². The molecule has 0 spiro atoms. The fourth-order valence-electron chi connectivity index (χ4n) is 1.79. The summed E-state index contributed by atoms with van der Waals surface area (Å²) in [5.41, 5.74) is 0.594. The van der Waals surface area contributed by atoms with E-state index in [2.05, 4.69) is 10.6 Å². The van der Waals surface area contributed by atoms with Gasteiger partial charge in [0, 0.05) is 13.1 Å². The van der Waals surface area contributed by atoms with Crippen LogP contribution in [0.25, 0.3) is 6.08 Å². The summed E-state index contributed by atoms with van der Waals surface area (Å²) in [6.45, 7) is 1.57. The Balaban J connectivity index is 2.61. The summed E-state index contributed by atoms with van der Waals surface area (Å²) in [7, 11) is 2.93. The highest BCUT2D eigenvalue weighted by Crippen LogP contribution is 2.36. The van der Waals surface area contributed by atoms with Crippen LogP contribution < -0.4 is 20.1 Å². The second-order valence-electron chi connectivity index (χ2n) is 4.86. The first kappa shape index (κ1) is 21.3. The van der Waals surface area contributed by atoms with Gasteiger partial charge in [-0.25, -0.2) is 4.79 Å². The third-order valence-corrected chi connectivity index (χ3v) is 3.30. The van der Waals surface area contributed by atoms with Crippen molar-refractivity contribution in [2.45, 2.75) is 6.92 Å². The van der Waals surface area contributed by atoms with Crippen LogP contribution in [0, 0.1) is 0 Å². The predicted molar refractivity (Wildman–Crippen MR) is 96.2 cm³/mol. The van der Waals surface area contributed by atoms with Crippen molar-refractivity contribution in [3.05, 3.63) is 28.8 Å². The molecular formula is C17H21ClN2O6. The Morgan fingerprint density at radius 3 is 2.58 bits per heavy atom. The molecule has 26 heavy (non-hydrogen) atoms. The van der Waals surface area contributed by atoms with Gasteiger partial charge in [-0.2, -0.15) is 0 Å². The molecule has 0 saturated heterocycles. The van der Waals surface area contributed by atoms with Crippen molar-refractivity contribution in [1.29, 1.82) is 0 Å². The highest BCUT2D eigenvalue weighted by molar-refractivity contribution is 6.32. The molecule has 9 heteroatoms. The molecule has 0 aromatic heterocycles. The lowest BCUT2D eigenvalue weighted by molar-refractivity contribution is -0.143. The van der Waals surface area contributed by atoms with Crippen LogP contribution in [0.1, 0.15) is 12.5 Å². The predicted octanol–water partition coefficient (Wildman–Crippen LogP) is 1.17. The number of carbonyl (C=O) groups is 3. The molecule has 0 fully saturated rings. The summed E-state index contributed by atoms with van der Waals surface area (Å²) < 4.78 is 15.4. The van der Waals surface area contributed by atoms with E-state index in [0.29, 0.717) is 28.7 Å². The zero-order valence-electron chi connectivity index (χ0n) is 14.8. The average Bonchev–Trinajstić information content (AvgIpc) is 2.64. The number of hydrogen-bond acceptors (Lipinski definition) is 6. The van der Waals surface area contributed by atoms with Crippen LogP contribution in [-0.2, 0) is 19.1 Å². The van der Waals surface area contributed by atoms with Gasteiger partial charge in [0.25, 0.3) is 5.91 Å². The lowest BCUT2D eigenvalue weighted by atomic mass is 10.2. The van der Waals surface area contributed by atoms with Crippen molar-refractivity contribution in [2.75, 3.05) is 33.9 Å². The Morgan fingerprint density at radius 1 is 1.23 bits per heavy atom. The molecule has 0 radical (unpaired) electrons. The molecule has 8 nitrogen and oxygen atoms in total. The molecule has 0 heterocycles. The van der Waals surface area contributed by atoms with E-state index in [1.807, 2.05) is 6.92 Å². The molecule has 1 aromatic carbocycles. The molecule has 2 N–H and O–H groups in total. The second kappa shape index (κ2) is 11.0. The van der Waals surface area contributed by atoms with Gasteiger partial charge in [0.15, 0.2) is 18.1 Å². The summed E-state index contributed by atoms with van der Waals surface area (Å²) in [4.78, 5) is 34.1. The fourth-order valence-corrected chi connectivity index (χ4v) is 2.06. The van der Waals surface area contributed by atoms with Gasteiger partial charge in [-0.15, -0.1) is 0 Å². The van der Waals surface area contributed by atoms with Crippen molar-refractivity contribution in [1.82, 2.24) is 10.6 Å². The first-order chi connectivity index (χ1) is 12.4. The zero-order valence-corrected chi connectivity index (χ0v) is 15.5. The number of halogens is 1. The van der Waals surface area contributed by atoms with Crippen LogP contribution >= 0.6 is 11.6 Å². The van der Waals surface area contributed by atoms with Crippen molar-refractivity contribution >= 4 is 35.5 Å². The normalized spacial score (nSPS) is 10.3. The summed E-state index contributed by atoms with van der Waals surface area (Å²) in [5, 5.41) is 4.99. The number of nitrogens with one attached hydrogen (secondary N) is 2. The third-order valence-electron chi connectivity index (χ3n) is 3.02. The maximum atomic E-state index is 11.7. The van der Waals surface area contributed by atoms with E-state index in [-0.39, 0.29) is 12.5 Å². The number of rotatable bonds is 9. The molecule has 0 aliphatic carbocycles. The Morgan fingerprint density at radius 2 is 1.96 bits per heavy atom. The van der Waals surface area contributed by atoms with E-state index < -0.39 is 18.5 Å². The summed E-state index contributed by atoms with van der Waals surface area (Å²) in [6, 6.07) is 3.26. The Labute approximate surface area is 156 Å². The molecular weight excluding hydrogens is 364 g/mol. The van der Waals surface area contributed by atoms with Gasteiger partial charge >= 0.3 is 5.97 Å². The number of esters is 1. The average molecular weight is 385 g/mol. The number of benzene rings is 1. The van der Waals surface area contributed by atoms with Crippen LogP contribution in [0.4, 0.5) is 0 Å². The second-order valence-corrected chi connectivity index (χ2v) is 5.27. The van der Waals surface area contributed by atoms with Gasteiger partial charge in [0.05, 0.1) is 25.3 Å². The van der Waals surface area contributed by atoms with E-state index in [1.54, 1.807) is 12.1 Å². The number of carbonyl (C=O) groups excluding carboxylic acids is 3. The van der Waals surface area contributed by atoms with Gasteiger partial charge < -0.3 is 24.8 Å². The number of amides is 2. The van der Waals surface area contributed by atoms with Gasteiger partial charge in [-0.1, -0.05) is 11.6 Å². The molecule has 0 aliphatic rings. The molecule has 0 saturated carbocycles. The van der Waals surface area contributed by atoms with E-state index in [9.17, 15) is 14.4 Å². The van der Waals surface area contributed by atoms with Crippen LogP contribution in [0.2, 0.25) is 5.02 Å². The van der Waals surface area contributed by atoms with Crippen molar-refractivity contribution in [3.8, 4) is 11.5 Å². The van der Waals surface area contributed by atoms with Crippen molar-refractivity contribution in [3.63, 3.8) is 0 Å². The maximum Gasteiger partial charge on any atom is 0.331 e. The topological polar surface area (TPSA) is 103 Å². The quantitative estimate of drug-likeness (QED) is 0.489. The molecule has 1 rings (SSSR count). The first-order valence-electron chi connectivity index (χ1n) is 7.73. The van der Waals surface area contributed by atoms with Crippen LogP contribution in [0.5, 0.6) is 11.5 Å². The van der Waals surface area contributed by atoms with Gasteiger partial charge in [0.2, 0.25) is 5.91 Å². The minimum atomic E-state index is -0.718. The van der Waals surface area contributed by atoms with Crippen molar-refractivity contribution < 1.29 is 28.6 Å². The van der Waals surface area contributed by atoms with Crippen molar-refractivity contribution in [2.24, 2.45) is 0 Å². The number of methoxy groups -OCH3 is 1. The van der Waals surface area contributed by atoms with E-state index in [0.717, 1.165) is 6.08 Å². The Bertz CT molecular complexity index is 690. The van der Waals surface area contributed by atoms with Gasteiger partial charge in [-0.05, 0) is 30.7 Å². The lowest BCUT2D eigenvalue weighted by Gasteiger charge is -2.11. The smallest absolute Gasteiger partial charge is 0.331 e. The number of likely N-dealkylation sites (N-methyl/N-ethyl adjacent to an activating group) is 1. The first-order valence-corrected chi connectivity index (χ1v) is 8.11. The highest BCUT2D eigenvalue weighted by Gasteiger charge is 2.11. The molecule has 2 amide bonds. The van der Waals surface area contributed by atoms with Crippen LogP contribution in [0.3, 0.4) is 0 Å². The number of ether oxygens (including phenoxy) is 3.